The zero-order valence-corrected chi connectivity index (χ0v) is 13.3. The molecule has 3 rings (SSSR count). The molecular weight excluding hydrogens is 288 g/mol. The SMILES string of the molecule is Cc1ccc(Oc2ccc(NC(=O)CC3CCNC3)cc2)cc1. The minimum Gasteiger partial charge on any atom is -0.457 e. The summed E-state index contributed by atoms with van der Waals surface area (Å²) in [5.41, 5.74) is 2.00. The first kappa shape index (κ1) is 15.6. The molecule has 0 aliphatic carbocycles. The van der Waals surface area contributed by atoms with Crippen LogP contribution in [0.3, 0.4) is 0 Å². The molecule has 23 heavy (non-hydrogen) atoms. The molecule has 1 saturated heterocycles. The number of carbonyl (C=O) groups is 1. The lowest BCUT2D eigenvalue weighted by molar-refractivity contribution is -0.116. The average molecular weight is 310 g/mol. The molecule has 1 aliphatic heterocycles. The number of nitrogens with one attached hydrogen (secondary N) is 2. The Bertz CT molecular complexity index is 644. The number of carbonyl (C=O) groups excluding carboxylic acids is 1. The van der Waals surface area contributed by atoms with Crippen LogP contribution in [0.4, 0.5) is 5.69 Å². The van der Waals surface area contributed by atoms with Gasteiger partial charge in [0.1, 0.15) is 11.5 Å². The second-order valence-electron chi connectivity index (χ2n) is 6.05. The maximum atomic E-state index is 12.0. The number of hydrogen-bond donors (Lipinski definition) is 2. The van der Waals surface area contributed by atoms with E-state index >= 15 is 0 Å². The molecule has 4 nitrogen and oxygen atoms in total. The van der Waals surface area contributed by atoms with Crippen LogP contribution in [0.1, 0.15) is 18.4 Å². The van der Waals surface area contributed by atoms with Crippen LogP contribution in [0.25, 0.3) is 0 Å². The van der Waals surface area contributed by atoms with Crippen molar-refractivity contribution >= 4 is 11.6 Å². The topological polar surface area (TPSA) is 50.4 Å². The van der Waals surface area contributed by atoms with E-state index in [-0.39, 0.29) is 5.91 Å². The monoisotopic (exact) mass is 310 g/mol. The summed E-state index contributed by atoms with van der Waals surface area (Å²) in [6.07, 6.45) is 1.66. The number of amides is 1. The summed E-state index contributed by atoms with van der Waals surface area (Å²) in [6, 6.07) is 15.4. The van der Waals surface area contributed by atoms with E-state index in [2.05, 4.69) is 10.6 Å². The van der Waals surface area contributed by atoms with Crippen molar-refractivity contribution in [2.24, 2.45) is 5.92 Å². The van der Waals surface area contributed by atoms with Gasteiger partial charge in [-0.15, -0.1) is 0 Å². The summed E-state index contributed by atoms with van der Waals surface area (Å²) in [5, 5.41) is 6.22. The summed E-state index contributed by atoms with van der Waals surface area (Å²) < 4.78 is 5.78. The third-order valence-corrected chi connectivity index (χ3v) is 4.03. The van der Waals surface area contributed by atoms with Gasteiger partial charge in [-0.25, -0.2) is 0 Å². The molecule has 120 valence electrons. The van der Waals surface area contributed by atoms with E-state index in [0.29, 0.717) is 12.3 Å². The van der Waals surface area contributed by atoms with E-state index in [0.717, 1.165) is 36.7 Å². The van der Waals surface area contributed by atoms with E-state index in [9.17, 15) is 4.79 Å². The van der Waals surface area contributed by atoms with Gasteiger partial charge in [-0.2, -0.15) is 0 Å². The second kappa shape index (κ2) is 7.29. The van der Waals surface area contributed by atoms with Crippen molar-refractivity contribution in [1.82, 2.24) is 5.32 Å². The summed E-state index contributed by atoms with van der Waals surface area (Å²) in [4.78, 5) is 12.0. The lowest BCUT2D eigenvalue weighted by atomic mass is 10.0. The van der Waals surface area contributed by atoms with Gasteiger partial charge in [-0.3, -0.25) is 4.79 Å². The Morgan fingerprint density at radius 3 is 2.39 bits per heavy atom. The number of anilines is 1. The number of rotatable bonds is 5. The van der Waals surface area contributed by atoms with Gasteiger partial charge >= 0.3 is 0 Å². The van der Waals surface area contributed by atoms with Gasteiger partial charge in [-0.05, 0) is 68.8 Å². The highest BCUT2D eigenvalue weighted by Gasteiger charge is 2.17. The normalized spacial score (nSPS) is 17.0. The lowest BCUT2D eigenvalue weighted by Crippen LogP contribution is -2.18. The first-order valence-electron chi connectivity index (χ1n) is 8.04. The molecule has 0 bridgehead atoms. The lowest BCUT2D eigenvalue weighted by Gasteiger charge is -2.10. The van der Waals surface area contributed by atoms with Crippen LogP contribution in [0.15, 0.2) is 48.5 Å². The van der Waals surface area contributed by atoms with Crippen LogP contribution < -0.4 is 15.4 Å². The molecule has 1 aliphatic rings. The van der Waals surface area contributed by atoms with Gasteiger partial charge in [0.15, 0.2) is 0 Å². The highest BCUT2D eigenvalue weighted by molar-refractivity contribution is 5.90. The molecular formula is C19H22N2O2. The maximum Gasteiger partial charge on any atom is 0.224 e. The van der Waals surface area contributed by atoms with E-state index in [1.807, 2.05) is 55.5 Å². The van der Waals surface area contributed by atoms with E-state index in [1.54, 1.807) is 0 Å². The second-order valence-corrected chi connectivity index (χ2v) is 6.05. The first-order chi connectivity index (χ1) is 11.2. The van der Waals surface area contributed by atoms with E-state index < -0.39 is 0 Å². The molecule has 4 heteroatoms. The van der Waals surface area contributed by atoms with Crippen LogP contribution >= 0.6 is 0 Å². The van der Waals surface area contributed by atoms with Crippen molar-refractivity contribution in [3.05, 3.63) is 54.1 Å². The molecule has 1 atom stereocenters. The fraction of sp³-hybridized carbons (Fsp3) is 0.316. The molecule has 0 aromatic heterocycles. The number of aryl methyl sites for hydroxylation is 1. The van der Waals surface area contributed by atoms with Gasteiger partial charge in [0.05, 0.1) is 0 Å². The molecule has 1 amide bonds. The van der Waals surface area contributed by atoms with Crippen molar-refractivity contribution in [3.8, 4) is 11.5 Å². The van der Waals surface area contributed by atoms with Crippen LogP contribution in [0.5, 0.6) is 11.5 Å². The molecule has 2 N–H and O–H groups in total. The first-order valence-corrected chi connectivity index (χ1v) is 8.04. The van der Waals surface area contributed by atoms with Gasteiger partial charge in [0.2, 0.25) is 5.91 Å². The molecule has 2 aromatic rings. The Morgan fingerprint density at radius 1 is 1.13 bits per heavy atom. The molecule has 0 radical (unpaired) electrons. The molecule has 2 aromatic carbocycles. The number of hydrogen-bond acceptors (Lipinski definition) is 3. The molecule has 0 spiro atoms. The molecule has 1 heterocycles. The third-order valence-electron chi connectivity index (χ3n) is 4.03. The Balaban J connectivity index is 1.54. The fourth-order valence-electron chi connectivity index (χ4n) is 2.71. The van der Waals surface area contributed by atoms with E-state index in [1.165, 1.54) is 5.56 Å². The van der Waals surface area contributed by atoms with Crippen LogP contribution in [-0.4, -0.2) is 19.0 Å². The van der Waals surface area contributed by atoms with Crippen LogP contribution in [0, 0.1) is 12.8 Å². The highest BCUT2D eigenvalue weighted by atomic mass is 16.5. The average Bonchev–Trinajstić information content (AvgIpc) is 3.04. The largest absolute Gasteiger partial charge is 0.457 e. The summed E-state index contributed by atoms with van der Waals surface area (Å²) in [6.45, 7) is 4.00. The van der Waals surface area contributed by atoms with Crippen LogP contribution in [0.2, 0.25) is 0 Å². The van der Waals surface area contributed by atoms with Gasteiger partial charge in [-0.1, -0.05) is 17.7 Å². The molecule has 0 saturated carbocycles. The maximum absolute atomic E-state index is 12.0. The van der Waals surface area contributed by atoms with Gasteiger partial charge in [0.25, 0.3) is 0 Å². The Hall–Kier alpha value is -2.33. The number of benzene rings is 2. The van der Waals surface area contributed by atoms with E-state index in [4.69, 9.17) is 4.74 Å². The number of ether oxygens (including phenoxy) is 1. The van der Waals surface area contributed by atoms with Crippen molar-refractivity contribution in [2.75, 3.05) is 18.4 Å². The standard InChI is InChI=1S/C19H22N2O2/c1-14-2-6-17(7-3-14)23-18-8-4-16(5-9-18)21-19(22)12-15-10-11-20-13-15/h2-9,15,20H,10-13H2,1H3,(H,21,22). The summed E-state index contributed by atoms with van der Waals surface area (Å²) in [7, 11) is 0. The smallest absolute Gasteiger partial charge is 0.224 e. The van der Waals surface area contributed by atoms with Crippen molar-refractivity contribution < 1.29 is 9.53 Å². The zero-order valence-electron chi connectivity index (χ0n) is 13.3. The third kappa shape index (κ3) is 4.57. The van der Waals surface area contributed by atoms with Gasteiger partial charge < -0.3 is 15.4 Å². The zero-order chi connectivity index (χ0) is 16.1. The van der Waals surface area contributed by atoms with Crippen molar-refractivity contribution in [3.63, 3.8) is 0 Å². The molecule has 1 unspecified atom stereocenters. The predicted molar refractivity (Wildman–Crippen MR) is 91.9 cm³/mol. The summed E-state index contributed by atoms with van der Waals surface area (Å²) in [5.74, 6) is 2.10. The Labute approximate surface area is 136 Å². The van der Waals surface area contributed by atoms with Gasteiger partial charge in [0, 0.05) is 12.1 Å². The quantitative estimate of drug-likeness (QED) is 0.885. The van der Waals surface area contributed by atoms with Crippen molar-refractivity contribution in [2.45, 2.75) is 19.8 Å². The fourth-order valence-corrected chi connectivity index (χ4v) is 2.71. The Kier molecular flexibility index (Phi) is 4.93. The highest BCUT2D eigenvalue weighted by Crippen LogP contribution is 2.23. The van der Waals surface area contributed by atoms with Crippen molar-refractivity contribution in [1.29, 1.82) is 0 Å². The Morgan fingerprint density at radius 2 is 1.78 bits per heavy atom. The minimum absolute atomic E-state index is 0.0749. The predicted octanol–water partition coefficient (Wildman–Crippen LogP) is 3.73. The molecule has 1 fully saturated rings. The van der Waals surface area contributed by atoms with Crippen LogP contribution in [-0.2, 0) is 4.79 Å². The summed E-state index contributed by atoms with van der Waals surface area (Å²) >= 11 is 0. The minimum atomic E-state index is 0.0749.